The molecule has 0 saturated carbocycles. The van der Waals surface area contributed by atoms with Gasteiger partial charge in [0.1, 0.15) is 5.75 Å². The van der Waals surface area contributed by atoms with Gasteiger partial charge in [-0.25, -0.2) is 0 Å². The van der Waals surface area contributed by atoms with E-state index < -0.39 is 10.1 Å². The molecule has 0 spiro atoms. The van der Waals surface area contributed by atoms with Crippen LogP contribution in [0.15, 0.2) is 30.3 Å². The Morgan fingerprint density at radius 1 is 1.18 bits per heavy atom. The molecule has 0 aliphatic heterocycles. The Kier molecular flexibility index (Phi) is 2.93. The second-order valence-electron chi connectivity index (χ2n) is 4.24. The molecule has 17 heavy (non-hydrogen) atoms. The zero-order chi connectivity index (χ0) is 12.6. The van der Waals surface area contributed by atoms with Gasteiger partial charge in [0, 0.05) is 0 Å². The van der Waals surface area contributed by atoms with Crippen LogP contribution in [-0.4, -0.2) is 13.0 Å². The molecule has 1 N–H and O–H groups in total. The van der Waals surface area contributed by atoms with E-state index in [0.29, 0.717) is 5.56 Å². The number of fused-ring (bicyclic) bond motifs is 1. The average Bonchev–Trinajstić information content (AvgIpc) is 2.23. The third-order valence-corrected chi connectivity index (χ3v) is 3.68. The fourth-order valence-corrected chi connectivity index (χ4v) is 2.78. The molecule has 0 bridgehead atoms. The molecule has 0 unspecified atom stereocenters. The summed E-state index contributed by atoms with van der Waals surface area (Å²) < 4.78 is 31.1. The summed E-state index contributed by atoms with van der Waals surface area (Å²) in [5.41, 5.74) is 2.63. The second kappa shape index (κ2) is 4.13. The van der Waals surface area contributed by atoms with E-state index in [4.69, 9.17) is 4.55 Å². The van der Waals surface area contributed by atoms with Crippen LogP contribution in [0.4, 0.5) is 0 Å². The van der Waals surface area contributed by atoms with Gasteiger partial charge in [-0.2, -0.15) is 8.42 Å². The monoisotopic (exact) mass is 250 g/mol. The molecule has 0 atom stereocenters. The second-order valence-corrected chi connectivity index (χ2v) is 5.70. The number of benzene rings is 2. The van der Waals surface area contributed by atoms with Crippen molar-refractivity contribution in [3.63, 3.8) is 0 Å². The summed E-state index contributed by atoms with van der Waals surface area (Å²) in [6.45, 7) is 3.82. The zero-order valence-electron chi connectivity index (χ0n) is 9.77. The van der Waals surface area contributed by atoms with Gasteiger partial charge in [0.2, 0.25) is 0 Å². The number of hydrogen-bond donors (Lipinski definition) is 1. The highest BCUT2D eigenvalue weighted by molar-refractivity contribution is 7.85. The molecule has 2 aromatic carbocycles. The first-order valence-electron chi connectivity index (χ1n) is 5.31. The fraction of sp³-hybridized carbons (Fsp3) is 0.231. The molecule has 0 aliphatic carbocycles. The first kappa shape index (κ1) is 12.1. The van der Waals surface area contributed by atoms with Gasteiger partial charge in [-0.3, -0.25) is 4.55 Å². The lowest BCUT2D eigenvalue weighted by atomic mass is 9.97. The van der Waals surface area contributed by atoms with Crippen molar-refractivity contribution in [2.75, 3.05) is 0 Å². The van der Waals surface area contributed by atoms with Gasteiger partial charge < -0.3 is 0 Å². The van der Waals surface area contributed by atoms with Crippen molar-refractivity contribution in [2.45, 2.75) is 19.6 Å². The normalized spacial score (nSPS) is 11.9. The molecule has 0 fully saturated rings. The Labute approximate surface area is 101 Å². The van der Waals surface area contributed by atoms with Crippen LogP contribution in [0.25, 0.3) is 10.8 Å². The molecule has 0 aromatic heterocycles. The van der Waals surface area contributed by atoms with Crippen LogP contribution >= 0.6 is 0 Å². The molecule has 0 saturated heterocycles. The predicted octanol–water partition coefficient (Wildman–Crippen LogP) is 2.84. The third-order valence-electron chi connectivity index (χ3n) is 3.03. The molecule has 2 aromatic rings. The molecule has 90 valence electrons. The van der Waals surface area contributed by atoms with Crippen LogP contribution in [0.5, 0.6) is 0 Å². The Morgan fingerprint density at radius 2 is 1.82 bits per heavy atom. The summed E-state index contributed by atoms with van der Waals surface area (Å²) in [4.78, 5) is 0. The molecule has 0 aliphatic rings. The van der Waals surface area contributed by atoms with E-state index in [2.05, 4.69) is 0 Å². The minimum absolute atomic E-state index is 0.332. The van der Waals surface area contributed by atoms with Crippen LogP contribution < -0.4 is 0 Å². The Hall–Kier alpha value is -1.39. The van der Waals surface area contributed by atoms with E-state index in [0.717, 1.165) is 21.9 Å². The SMILES string of the molecule is Cc1cc2ccccc2c(CS(=O)(=O)O)c1C. The van der Waals surface area contributed by atoms with Gasteiger partial charge in [-0.05, 0) is 41.3 Å². The van der Waals surface area contributed by atoms with E-state index in [-0.39, 0.29) is 5.75 Å². The molecule has 4 heteroatoms. The highest BCUT2D eigenvalue weighted by Crippen LogP contribution is 2.26. The van der Waals surface area contributed by atoms with Crippen LogP contribution in [0.3, 0.4) is 0 Å². The summed E-state index contributed by atoms with van der Waals surface area (Å²) in [6, 6.07) is 9.62. The largest absolute Gasteiger partial charge is 0.285 e. The summed E-state index contributed by atoms with van der Waals surface area (Å²) in [6.07, 6.45) is 0. The summed E-state index contributed by atoms with van der Waals surface area (Å²) >= 11 is 0. The lowest BCUT2D eigenvalue weighted by molar-refractivity contribution is 0.482. The third kappa shape index (κ3) is 2.48. The minimum atomic E-state index is -4.01. The highest BCUT2D eigenvalue weighted by Gasteiger charge is 2.14. The van der Waals surface area contributed by atoms with Gasteiger partial charge in [-0.15, -0.1) is 0 Å². The van der Waals surface area contributed by atoms with Crippen molar-refractivity contribution in [1.29, 1.82) is 0 Å². The quantitative estimate of drug-likeness (QED) is 0.834. The molecular formula is C13H14O3S. The summed E-state index contributed by atoms with van der Waals surface area (Å²) in [7, 11) is -4.01. The van der Waals surface area contributed by atoms with Crippen LogP contribution in [0.2, 0.25) is 0 Å². The maximum absolute atomic E-state index is 11.1. The fourth-order valence-electron chi connectivity index (χ4n) is 2.05. The van der Waals surface area contributed by atoms with Crippen molar-refractivity contribution in [1.82, 2.24) is 0 Å². The first-order valence-corrected chi connectivity index (χ1v) is 6.92. The van der Waals surface area contributed by atoms with E-state index in [1.54, 1.807) is 0 Å². The number of aryl methyl sites for hydroxylation is 1. The van der Waals surface area contributed by atoms with Crippen LogP contribution in [0, 0.1) is 13.8 Å². The lowest BCUT2D eigenvalue weighted by Crippen LogP contribution is -2.05. The van der Waals surface area contributed by atoms with Crippen molar-refractivity contribution >= 4 is 20.9 Å². The molecule has 2 rings (SSSR count). The van der Waals surface area contributed by atoms with Gasteiger partial charge in [0.15, 0.2) is 0 Å². The van der Waals surface area contributed by atoms with E-state index >= 15 is 0 Å². The number of rotatable bonds is 2. The molecule has 0 heterocycles. The van der Waals surface area contributed by atoms with Gasteiger partial charge in [-0.1, -0.05) is 30.3 Å². The van der Waals surface area contributed by atoms with Crippen LogP contribution in [-0.2, 0) is 15.9 Å². The standard InChI is InChI=1S/C13H14O3S/c1-9-7-11-5-3-4-6-12(11)13(10(9)2)8-17(14,15)16/h3-7H,8H2,1-2H3,(H,14,15,16). The molecule has 3 nitrogen and oxygen atoms in total. The molecule has 0 radical (unpaired) electrons. The topological polar surface area (TPSA) is 54.4 Å². The maximum Gasteiger partial charge on any atom is 0.269 e. The van der Waals surface area contributed by atoms with Crippen molar-refractivity contribution in [2.24, 2.45) is 0 Å². The maximum atomic E-state index is 11.1. The Morgan fingerprint density at radius 3 is 2.47 bits per heavy atom. The van der Waals surface area contributed by atoms with E-state index in [9.17, 15) is 8.42 Å². The minimum Gasteiger partial charge on any atom is -0.285 e. The first-order chi connectivity index (χ1) is 7.88. The molecular weight excluding hydrogens is 236 g/mol. The van der Waals surface area contributed by atoms with Crippen molar-refractivity contribution < 1.29 is 13.0 Å². The highest BCUT2D eigenvalue weighted by atomic mass is 32.2. The molecule has 0 amide bonds. The zero-order valence-corrected chi connectivity index (χ0v) is 10.6. The summed E-state index contributed by atoms with van der Waals surface area (Å²) in [5, 5.41) is 1.88. The van der Waals surface area contributed by atoms with Crippen LogP contribution in [0.1, 0.15) is 16.7 Å². The summed E-state index contributed by atoms with van der Waals surface area (Å²) in [5.74, 6) is -0.332. The average molecular weight is 250 g/mol. The van der Waals surface area contributed by atoms with Crippen molar-refractivity contribution in [3.8, 4) is 0 Å². The van der Waals surface area contributed by atoms with Crippen molar-refractivity contribution in [3.05, 3.63) is 47.0 Å². The van der Waals surface area contributed by atoms with Gasteiger partial charge >= 0.3 is 0 Å². The van der Waals surface area contributed by atoms with E-state index in [1.807, 2.05) is 44.2 Å². The predicted molar refractivity (Wildman–Crippen MR) is 68.7 cm³/mol. The lowest BCUT2D eigenvalue weighted by Gasteiger charge is -2.11. The smallest absolute Gasteiger partial charge is 0.269 e. The van der Waals surface area contributed by atoms with Gasteiger partial charge in [0.25, 0.3) is 10.1 Å². The Bertz CT molecular complexity index is 672. The number of hydrogen-bond acceptors (Lipinski definition) is 2. The van der Waals surface area contributed by atoms with E-state index in [1.165, 1.54) is 0 Å². The van der Waals surface area contributed by atoms with Gasteiger partial charge in [0.05, 0.1) is 0 Å². The Balaban J connectivity index is 2.79.